The van der Waals surface area contributed by atoms with Crippen LogP contribution in [0.1, 0.15) is 11.4 Å². The zero-order valence-electron chi connectivity index (χ0n) is 9.56. The molecule has 0 aliphatic heterocycles. The minimum absolute atomic E-state index is 0.236. The van der Waals surface area contributed by atoms with Crippen molar-refractivity contribution in [2.75, 3.05) is 4.72 Å². The molecule has 0 saturated heterocycles. The molecule has 0 spiro atoms. The maximum absolute atomic E-state index is 12.1. The predicted octanol–water partition coefficient (Wildman–Crippen LogP) is 1.83. The van der Waals surface area contributed by atoms with Crippen molar-refractivity contribution in [1.82, 2.24) is 10.2 Å². The summed E-state index contributed by atoms with van der Waals surface area (Å²) in [6, 6.07) is 8.24. The highest BCUT2D eigenvalue weighted by atomic mass is 32.2. The minimum atomic E-state index is -3.54. The zero-order valence-corrected chi connectivity index (χ0v) is 10.4. The van der Waals surface area contributed by atoms with E-state index in [9.17, 15) is 8.42 Å². The van der Waals surface area contributed by atoms with Gasteiger partial charge in [-0.2, -0.15) is 5.10 Å². The molecule has 0 atom stereocenters. The molecule has 0 fully saturated rings. The van der Waals surface area contributed by atoms with Crippen LogP contribution >= 0.6 is 0 Å². The van der Waals surface area contributed by atoms with Crippen LogP contribution in [0.3, 0.4) is 0 Å². The summed E-state index contributed by atoms with van der Waals surface area (Å²) in [6.07, 6.45) is 0. The second kappa shape index (κ2) is 4.21. The number of sulfonamides is 1. The molecule has 5 nitrogen and oxygen atoms in total. The van der Waals surface area contributed by atoms with Crippen molar-refractivity contribution < 1.29 is 8.42 Å². The molecule has 0 saturated carbocycles. The summed E-state index contributed by atoms with van der Waals surface area (Å²) in [5.74, 6) is 0. The fourth-order valence-electron chi connectivity index (χ4n) is 1.49. The van der Waals surface area contributed by atoms with E-state index < -0.39 is 10.0 Å². The van der Waals surface area contributed by atoms with E-state index in [1.54, 1.807) is 44.2 Å². The molecule has 90 valence electrons. The summed E-state index contributed by atoms with van der Waals surface area (Å²) in [5, 5.41) is 6.68. The highest BCUT2D eigenvalue weighted by molar-refractivity contribution is 7.92. The third kappa shape index (κ3) is 2.31. The lowest BCUT2D eigenvalue weighted by molar-refractivity contribution is 0.601. The number of anilines is 1. The van der Waals surface area contributed by atoms with Crippen LogP contribution in [0.5, 0.6) is 0 Å². The van der Waals surface area contributed by atoms with Crippen LogP contribution in [-0.4, -0.2) is 18.6 Å². The van der Waals surface area contributed by atoms with Gasteiger partial charge in [-0.25, -0.2) is 8.42 Å². The molecule has 0 unspecified atom stereocenters. The lowest BCUT2D eigenvalue weighted by Gasteiger charge is -2.07. The Morgan fingerprint density at radius 1 is 1.18 bits per heavy atom. The molecule has 17 heavy (non-hydrogen) atoms. The average molecular weight is 251 g/mol. The lowest BCUT2D eigenvalue weighted by Crippen LogP contribution is -2.13. The van der Waals surface area contributed by atoms with Crippen LogP contribution in [0.2, 0.25) is 0 Å². The van der Waals surface area contributed by atoms with Gasteiger partial charge in [-0.3, -0.25) is 9.82 Å². The highest BCUT2D eigenvalue weighted by Gasteiger charge is 2.17. The van der Waals surface area contributed by atoms with E-state index in [1.165, 1.54) is 0 Å². The SMILES string of the molecule is Cc1n[nH]c(C)c1NS(=O)(=O)c1ccccc1. The van der Waals surface area contributed by atoms with Gasteiger partial charge in [0, 0.05) is 0 Å². The van der Waals surface area contributed by atoms with Gasteiger partial charge in [0.2, 0.25) is 0 Å². The Hall–Kier alpha value is -1.82. The summed E-state index contributed by atoms with van der Waals surface area (Å²) < 4.78 is 26.6. The molecule has 0 aliphatic carbocycles. The number of nitrogens with one attached hydrogen (secondary N) is 2. The maximum atomic E-state index is 12.1. The predicted molar refractivity (Wildman–Crippen MR) is 65.3 cm³/mol. The van der Waals surface area contributed by atoms with Crippen molar-refractivity contribution in [3.63, 3.8) is 0 Å². The Morgan fingerprint density at radius 3 is 2.35 bits per heavy atom. The fourth-order valence-corrected chi connectivity index (χ4v) is 2.70. The third-order valence-corrected chi connectivity index (χ3v) is 3.78. The van der Waals surface area contributed by atoms with Gasteiger partial charge >= 0.3 is 0 Å². The standard InChI is InChI=1S/C11H13N3O2S/c1-8-11(9(2)13-12-8)14-17(15,16)10-6-4-3-5-7-10/h3-7,14H,1-2H3,(H,12,13). The van der Waals surface area contributed by atoms with Crippen LogP contribution in [-0.2, 0) is 10.0 Å². The minimum Gasteiger partial charge on any atom is -0.280 e. The largest absolute Gasteiger partial charge is 0.280 e. The van der Waals surface area contributed by atoms with Crippen LogP contribution in [0.15, 0.2) is 35.2 Å². The highest BCUT2D eigenvalue weighted by Crippen LogP contribution is 2.20. The van der Waals surface area contributed by atoms with Crippen LogP contribution in [0, 0.1) is 13.8 Å². The normalized spacial score (nSPS) is 11.4. The maximum Gasteiger partial charge on any atom is 0.262 e. The van der Waals surface area contributed by atoms with E-state index in [2.05, 4.69) is 14.9 Å². The van der Waals surface area contributed by atoms with Gasteiger partial charge in [0.15, 0.2) is 0 Å². The van der Waals surface area contributed by atoms with Crippen molar-refractivity contribution in [3.05, 3.63) is 41.7 Å². The summed E-state index contributed by atoms with van der Waals surface area (Å²) in [6.45, 7) is 3.51. The molecular weight excluding hydrogens is 238 g/mol. The smallest absolute Gasteiger partial charge is 0.262 e. The second-order valence-corrected chi connectivity index (χ2v) is 5.41. The summed E-state index contributed by atoms with van der Waals surface area (Å²) in [4.78, 5) is 0.236. The van der Waals surface area contributed by atoms with Gasteiger partial charge in [0.05, 0.1) is 22.0 Å². The Kier molecular flexibility index (Phi) is 2.89. The molecule has 0 amide bonds. The Bertz CT molecular complexity index is 598. The Balaban J connectivity index is 2.37. The summed E-state index contributed by atoms with van der Waals surface area (Å²) >= 11 is 0. The third-order valence-electron chi connectivity index (χ3n) is 2.42. The van der Waals surface area contributed by atoms with Crippen LogP contribution in [0.25, 0.3) is 0 Å². The van der Waals surface area contributed by atoms with Crippen molar-refractivity contribution in [2.45, 2.75) is 18.7 Å². The van der Waals surface area contributed by atoms with Crippen LogP contribution < -0.4 is 4.72 Å². The molecular formula is C11H13N3O2S. The zero-order chi connectivity index (χ0) is 12.5. The number of nitrogens with zero attached hydrogens (tertiary/aromatic N) is 1. The molecule has 1 aromatic heterocycles. The quantitative estimate of drug-likeness (QED) is 0.873. The van der Waals surface area contributed by atoms with E-state index in [4.69, 9.17) is 0 Å². The molecule has 2 N–H and O–H groups in total. The topological polar surface area (TPSA) is 74.8 Å². The number of hydrogen-bond acceptors (Lipinski definition) is 3. The van der Waals surface area contributed by atoms with E-state index in [0.717, 1.165) is 0 Å². The summed E-state index contributed by atoms with van der Waals surface area (Å²) in [5.41, 5.74) is 1.83. The van der Waals surface area contributed by atoms with Crippen molar-refractivity contribution >= 4 is 15.7 Å². The average Bonchev–Trinajstić information content (AvgIpc) is 2.62. The molecule has 0 radical (unpaired) electrons. The van der Waals surface area contributed by atoms with Crippen molar-refractivity contribution in [3.8, 4) is 0 Å². The van der Waals surface area contributed by atoms with Gasteiger partial charge in [-0.1, -0.05) is 18.2 Å². The number of rotatable bonds is 3. The molecule has 1 aromatic carbocycles. The Morgan fingerprint density at radius 2 is 1.82 bits per heavy atom. The van der Waals surface area contributed by atoms with Crippen LogP contribution in [0.4, 0.5) is 5.69 Å². The van der Waals surface area contributed by atoms with Gasteiger partial charge < -0.3 is 0 Å². The fraction of sp³-hybridized carbons (Fsp3) is 0.182. The van der Waals surface area contributed by atoms with Gasteiger partial charge in [-0.05, 0) is 26.0 Å². The number of aromatic nitrogens is 2. The monoisotopic (exact) mass is 251 g/mol. The first-order valence-corrected chi connectivity index (χ1v) is 6.58. The molecule has 2 rings (SSSR count). The van der Waals surface area contributed by atoms with Gasteiger partial charge in [0.1, 0.15) is 0 Å². The van der Waals surface area contributed by atoms with E-state index in [1.807, 2.05) is 0 Å². The number of H-pyrrole nitrogens is 1. The number of aryl methyl sites for hydroxylation is 2. The van der Waals surface area contributed by atoms with E-state index in [-0.39, 0.29) is 4.90 Å². The number of hydrogen-bond donors (Lipinski definition) is 2. The second-order valence-electron chi connectivity index (χ2n) is 3.73. The van der Waals surface area contributed by atoms with Crippen molar-refractivity contribution in [2.24, 2.45) is 0 Å². The van der Waals surface area contributed by atoms with Gasteiger partial charge in [-0.15, -0.1) is 0 Å². The molecule has 2 aromatic rings. The van der Waals surface area contributed by atoms with E-state index in [0.29, 0.717) is 17.1 Å². The molecule has 0 aliphatic rings. The number of benzene rings is 1. The number of aromatic amines is 1. The molecule has 1 heterocycles. The molecule has 6 heteroatoms. The first kappa shape index (κ1) is 11.7. The first-order chi connectivity index (χ1) is 8.00. The van der Waals surface area contributed by atoms with E-state index >= 15 is 0 Å². The molecule has 0 bridgehead atoms. The first-order valence-electron chi connectivity index (χ1n) is 5.10. The lowest BCUT2D eigenvalue weighted by atomic mass is 10.3. The van der Waals surface area contributed by atoms with Gasteiger partial charge in [0.25, 0.3) is 10.0 Å². The summed E-state index contributed by atoms with van der Waals surface area (Å²) in [7, 11) is -3.54. The Labute approximate surface area is 99.9 Å². The van der Waals surface area contributed by atoms with Crippen molar-refractivity contribution in [1.29, 1.82) is 0 Å².